The predicted octanol–water partition coefficient (Wildman–Crippen LogP) is 3.60. The van der Waals surface area contributed by atoms with Gasteiger partial charge in [0.05, 0.1) is 11.3 Å². The molecule has 2 heterocycles. The first-order valence-corrected chi connectivity index (χ1v) is 8.59. The molecule has 0 aliphatic carbocycles. The van der Waals surface area contributed by atoms with Gasteiger partial charge in [-0.1, -0.05) is 17.4 Å². The second kappa shape index (κ2) is 7.66. The molecule has 0 fully saturated rings. The molecule has 1 amide bonds. The topological polar surface area (TPSA) is 89.8 Å². The van der Waals surface area contributed by atoms with Gasteiger partial charge in [-0.25, -0.2) is 13.5 Å². The highest BCUT2D eigenvalue weighted by Crippen LogP contribution is 2.30. The van der Waals surface area contributed by atoms with E-state index in [1.807, 2.05) is 0 Å². The number of carbonyl (C=O) groups excluding carboxylic acids is 1. The van der Waals surface area contributed by atoms with Gasteiger partial charge in [-0.15, -0.1) is 10.2 Å². The van der Waals surface area contributed by atoms with Gasteiger partial charge in [-0.05, 0) is 25.1 Å². The number of nitrogens with one attached hydrogen (secondary N) is 1. The van der Waals surface area contributed by atoms with Gasteiger partial charge in [-0.2, -0.15) is 18.3 Å². The summed E-state index contributed by atoms with van der Waals surface area (Å²) in [4.78, 5) is 24.4. The van der Waals surface area contributed by atoms with Crippen LogP contribution in [-0.4, -0.2) is 25.9 Å². The van der Waals surface area contributed by atoms with E-state index in [2.05, 4.69) is 20.6 Å². The number of rotatable bonds is 4. The fourth-order valence-electron chi connectivity index (χ4n) is 2.31. The molecule has 0 aliphatic heterocycles. The van der Waals surface area contributed by atoms with Gasteiger partial charge >= 0.3 is 6.18 Å². The Hall–Kier alpha value is -3.22. The van der Waals surface area contributed by atoms with Crippen molar-refractivity contribution in [2.24, 2.45) is 0 Å². The summed E-state index contributed by atoms with van der Waals surface area (Å²) in [6.45, 7) is 1.43. The summed E-state index contributed by atoms with van der Waals surface area (Å²) in [6.07, 6.45) is -7.47. The lowest BCUT2D eigenvalue weighted by Crippen LogP contribution is -2.27. The highest BCUT2D eigenvalue weighted by molar-refractivity contribution is 7.15. The molecule has 2 aromatic heterocycles. The molecule has 0 atom stereocenters. The Morgan fingerprint density at radius 2 is 1.93 bits per heavy atom. The molecule has 152 valence electrons. The van der Waals surface area contributed by atoms with E-state index in [1.54, 1.807) is 0 Å². The van der Waals surface area contributed by atoms with Crippen LogP contribution in [0.5, 0.6) is 0 Å². The van der Waals surface area contributed by atoms with Gasteiger partial charge in [-0.3, -0.25) is 14.9 Å². The van der Waals surface area contributed by atoms with Crippen LogP contribution in [0, 0.1) is 6.92 Å². The van der Waals surface area contributed by atoms with Gasteiger partial charge in [0.15, 0.2) is 10.7 Å². The van der Waals surface area contributed by atoms with Crippen molar-refractivity contribution in [1.29, 1.82) is 0 Å². The number of hydrogen-bond donors (Lipinski definition) is 1. The number of aromatic nitrogens is 4. The Morgan fingerprint density at radius 1 is 1.21 bits per heavy atom. The molecule has 0 radical (unpaired) electrons. The molecule has 0 bridgehead atoms. The number of benzene rings is 1. The minimum atomic E-state index is -4.59. The van der Waals surface area contributed by atoms with Crippen molar-refractivity contribution in [3.8, 4) is 5.69 Å². The zero-order chi connectivity index (χ0) is 21.3. The van der Waals surface area contributed by atoms with Gasteiger partial charge in [0.1, 0.15) is 0 Å². The molecule has 1 N–H and O–H groups in total. The van der Waals surface area contributed by atoms with Crippen LogP contribution in [0.25, 0.3) is 5.69 Å². The predicted molar refractivity (Wildman–Crippen MR) is 92.4 cm³/mol. The first kappa shape index (κ1) is 20.5. The monoisotopic (exact) mass is 431 g/mol. The average molecular weight is 431 g/mol. The number of nitrogens with zero attached hydrogens (tertiary/aromatic N) is 4. The Labute approximate surface area is 162 Å². The first-order valence-electron chi connectivity index (χ1n) is 7.78. The zero-order valence-electron chi connectivity index (χ0n) is 14.4. The minimum absolute atomic E-state index is 0.0257. The van der Waals surface area contributed by atoms with Crippen molar-refractivity contribution in [2.75, 3.05) is 5.32 Å². The Balaban J connectivity index is 1.97. The fourth-order valence-corrected chi connectivity index (χ4v) is 2.90. The lowest BCUT2D eigenvalue weighted by atomic mass is 10.2. The largest absolute Gasteiger partial charge is 0.416 e. The van der Waals surface area contributed by atoms with E-state index in [0.717, 1.165) is 28.9 Å². The van der Waals surface area contributed by atoms with Gasteiger partial charge in [0.2, 0.25) is 10.6 Å². The van der Waals surface area contributed by atoms with E-state index in [4.69, 9.17) is 0 Å². The third kappa shape index (κ3) is 4.45. The number of carbonyl (C=O) groups is 1. The van der Waals surface area contributed by atoms with Crippen LogP contribution in [0.3, 0.4) is 0 Å². The van der Waals surface area contributed by atoms with Crippen LogP contribution < -0.4 is 10.7 Å². The summed E-state index contributed by atoms with van der Waals surface area (Å²) >= 11 is 0.412. The minimum Gasteiger partial charge on any atom is -0.295 e. The fraction of sp³-hybridized carbons (Fsp3) is 0.188. The van der Waals surface area contributed by atoms with E-state index in [1.165, 1.54) is 13.0 Å². The maximum absolute atomic E-state index is 12.9. The molecule has 0 spiro atoms. The molecule has 3 rings (SSSR count). The summed E-state index contributed by atoms with van der Waals surface area (Å²) in [5.41, 5.74) is -2.23. The second-order valence-electron chi connectivity index (χ2n) is 5.66. The van der Waals surface area contributed by atoms with Crippen molar-refractivity contribution >= 4 is 22.4 Å². The number of halogens is 5. The molecule has 0 saturated heterocycles. The highest BCUT2D eigenvalue weighted by atomic mass is 32.1. The van der Waals surface area contributed by atoms with Crippen molar-refractivity contribution < 1.29 is 26.7 Å². The van der Waals surface area contributed by atoms with Crippen LogP contribution in [0.2, 0.25) is 0 Å². The van der Waals surface area contributed by atoms with Crippen molar-refractivity contribution in [1.82, 2.24) is 20.0 Å². The van der Waals surface area contributed by atoms with E-state index >= 15 is 0 Å². The molecular weight excluding hydrogens is 421 g/mol. The summed E-state index contributed by atoms with van der Waals surface area (Å²) in [7, 11) is 0. The highest BCUT2D eigenvalue weighted by Gasteiger charge is 2.30. The smallest absolute Gasteiger partial charge is 0.295 e. The van der Waals surface area contributed by atoms with Crippen LogP contribution in [0.1, 0.15) is 33.2 Å². The average Bonchev–Trinajstić information content (AvgIpc) is 3.10. The van der Waals surface area contributed by atoms with Crippen molar-refractivity contribution in [3.05, 3.63) is 62.5 Å². The van der Waals surface area contributed by atoms with E-state index in [0.29, 0.717) is 11.3 Å². The number of amides is 1. The second-order valence-corrected chi connectivity index (χ2v) is 6.67. The third-order valence-corrected chi connectivity index (χ3v) is 4.43. The normalized spacial score (nSPS) is 11.7. The molecule has 0 unspecified atom stereocenters. The quantitative estimate of drug-likeness (QED) is 0.638. The van der Waals surface area contributed by atoms with Crippen LogP contribution in [-0.2, 0) is 6.18 Å². The third-order valence-electron chi connectivity index (χ3n) is 3.59. The van der Waals surface area contributed by atoms with Gasteiger partial charge < -0.3 is 0 Å². The van der Waals surface area contributed by atoms with Crippen LogP contribution in [0.15, 0.2) is 35.1 Å². The molecular formula is C16H10F5N5O2S. The van der Waals surface area contributed by atoms with E-state index < -0.39 is 40.2 Å². The van der Waals surface area contributed by atoms with Crippen molar-refractivity contribution in [3.63, 3.8) is 0 Å². The Kier molecular flexibility index (Phi) is 5.42. The first-order chi connectivity index (χ1) is 13.6. The molecule has 7 nitrogen and oxygen atoms in total. The summed E-state index contributed by atoms with van der Waals surface area (Å²) in [5, 5.41) is 11.6. The molecule has 13 heteroatoms. The van der Waals surface area contributed by atoms with Gasteiger partial charge in [0.25, 0.3) is 12.3 Å². The summed E-state index contributed by atoms with van der Waals surface area (Å²) in [6, 6.07) is 5.18. The van der Waals surface area contributed by atoms with E-state index in [-0.39, 0.29) is 16.5 Å². The standard InChI is InChI=1S/C16H10F5N5O2S/c1-7-5-10(27)11(13(28)22-15-24-23-14(29-15)12(17)18)25-26(7)9-4-2-3-8(6-9)16(19,20)21/h2-6,12H,1H3,(H,22,24,28). The summed E-state index contributed by atoms with van der Waals surface area (Å²) in [5.74, 6) is -1.06. The van der Waals surface area contributed by atoms with Crippen LogP contribution in [0.4, 0.5) is 27.1 Å². The number of anilines is 1. The molecule has 29 heavy (non-hydrogen) atoms. The number of alkyl halides is 5. The molecule has 1 aromatic carbocycles. The summed E-state index contributed by atoms with van der Waals surface area (Å²) < 4.78 is 65.0. The molecule has 0 aliphatic rings. The Morgan fingerprint density at radius 3 is 2.55 bits per heavy atom. The maximum Gasteiger partial charge on any atom is 0.416 e. The SMILES string of the molecule is Cc1cc(=O)c(C(=O)Nc2nnc(C(F)F)s2)nn1-c1cccc(C(F)(F)F)c1. The van der Waals surface area contributed by atoms with Gasteiger partial charge in [0, 0.05) is 11.8 Å². The maximum atomic E-state index is 12.9. The lowest BCUT2D eigenvalue weighted by Gasteiger charge is -2.13. The molecule has 3 aromatic rings. The number of aryl methyl sites for hydroxylation is 1. The Bertz CT molecular complexity index is 1130. The van der Waals surface area contributed by atoms with E-state index in [9.17, 15) is 31.5 Å². The van der Waals surface area contributed by atoms with Crippen LogP contribution >= 0.6 is 11.3 Å². The lowest BCUT2D eigenvalue weighted by molar-refractivity contribution is -0.137. The zero-order valence-corrected chi connectivity index (χ0v) is 15.2. The van der Waals surface area contributed by atoms with Crippen molar-refractivity contribution in [2.45, 2.75) is 19.5 Å². The number of hydrogen-bond acceptors (Lipinski definition) is 6. The molecule has 0 saturated carbocycles.